The van der Waals surface area contributed by atoms with Gasteiger partial charge in [0.1, 0.15) is 6.33 Å². The molecule has 3 unspecified atom stereocenters. The third kappa shape index (κ3) is 2.09. The van der Waals surface area contributed by atoms with Crippen molar-refractivity contribution in [1.29, 1.82) is 0 Å². The van der Waals surface area contributed by atoms with Crippen LogP contribution in [0.25, 0.3) is 11.4 Å². The van der Waals surface area contributed by atoms with E-state index in [0.29, 0.717) is 0 Å². The highest BCUT2D eigenvalue weighted by Gasteiger charge is 2.39. The van der Waals surface area contributed by atoms with Crippen LogP contribution in [0.15, 0.2) is 30.6 Å². The highest BCUT2D eigenvalue weighted by molar-refractivity contribution is 5.60. The Bertz CT molecular complexity index is 618. The summed E-state index contributed by atoms with van der Waals surface area (Å²) in [5, 5.41) is 4.62. The van der Waals surface area contributed by atoms with Crippen molar-refractivity contribution >= 4 is 5.69 Å². The van der Waals surface area contributed by atoms with E-state index in [1.807, 2.05) is 35.3 Å². The number of hydrogen-bond donors (Lipinski definition) is 1. The maximum atomic E-state index is 5.81. The fraction of sp³-hybridized carbons (Fsp3) is 0.500. The molecule has 4 rings (SSSR count). The Morgan fingerprint density at radius 3 is 2.95 bits per heavy atom. The van der Waals surface area contributed by atoms with E-state index in [2.05, 4.69) is 10.1 Å². The summed E-state index contributed by atoms with van der Waals surface area (Å²) < 4.78 is 2.02. The molecular weight excluding hydrogens is 248 g/mol. The monoisotopic (exact) mass is 268 g/mol. The van der Waals surface area contributed by atoms with Crippen molar-refractivity contribution in [2.45, 2.75) is 32.2 Å². The molecule has 2 bridgehead atoms. The van der Waals surface area contributed by atoms with E-state index in [1.54, 1.807) is 0 Å². The summed E-state index contributed by atoms with van der Waals surface area (Å²) in [7, 11) is 0. The molecule has 2 N–H and O–H groups in total. The van der Waals surface area contributed by atoms with Gasteiger partial charge in [0.25, 0.3) is 0 Å². The summed E-state index contributed by atoms with van der Waals surface area (Å²) in [5.41, 5.74) is 7.57. The second-order valence-corrected chi connectivity index (χ2v) is 6.35. The Hall–Kier alpha value is -1.84. The van der Waals surface area contributed by atoms with E-state index in [1.165, 1.54) is 25.7 Å². The highest BCUT2D eigenvalue weighted by atomic mass is 15.3. The van der Waals surface area contributed by atoms with Gasteiger partial charge in [-0.1, -0.05) is 18.6 Å². The molecule has 2 aliphatic carbocycles. The third-order valence-electron chi connectivity index (χ3n) is 4.99. The van der Waals surface area contributed by atoms with Gasteiger partial charge < -0.3 is 5.73 Å². The molecule has 0 radical (unpaired) electrons. The number of anilines is 1. The van der Waals surface area contributed by atoms with Gasteiger partial charge in [-0.15, -0.1) is 0 Å². The normalized spacial score (nSPS) is 28.1. The van der Waals surface area contributed by atoms with Gasteiger partial charge in [0.15, 0.2) is 5.82 Å². The zero-order valence-electron chi connectivity index (χ0n) is 11.6. The molecule has 2 aromatic rings. The number of nitrogen functional groups attached to an aromatic ring is 1. The standard InChI is InChI=1S/C16H20N4/c17-15-3-1-2-13(8-15)16-18-10-20(19-16)9-14-7-11-4-5-12(14)6-11/h1-3,8,10-12,14H,4-7,9,17H2. The maximum Gasteiger partial charge on any atom is 0.181 e. The van der Waals surface area contributed by atoms with E-state index in [9.17, 15) is 0 Å². The molecule has 1 heterocycles. The molecule has 1 aromatic heterocycles. The largest absolute Gasteiger partial charge is 0.399 e. The van der Waals surface area contributed by atoms with Crippen LogP contribution >= 0.6 is 0 Å². The Labute approximate surface area is 119 Å². The average molecular weight is 268 g/mol. The molecular formula is C16H20N4. The molecule has 104 valence electrons. The minimum Gasteiger partial charge on any atom is -0.399 e. The van der Waals surface area contributed by atoms with Gasteiger partial charge in [0.2, 0.25) is 0 Å². The first kappa shape index (κ1) is 11.9. The van der Waals surface area contributed by atoms with Gasteiger partial charge in [-0.2, -0.15) is 5.10 Å². The first-order chi connectivity index (χ1) is 9.78. The fourth-order valence-corrected chi connectivity index (χ4v) is 4.03. The summed E-state index contributed by atoms with van der Waals surface area (Å²) in [4.78, 5) is 4.43. The molecule has 2 fully saturated rings. The van der Waals surface area contributed by atoms with E-state index in [0.717, 1.165) is 41.4 Å². The van der Waals surface area contributed by atoms with Gasteiger partial charge in [-0.3, -0.25) is 4.68 Å². The lowest BCUT2D eigenvalue weighted by Gasteiger charge is -2.20. The summed E-state index contributed by atoms with van der Waals surface area (Å²) in [6.45, 7) is 1.02. The smallest absolute Gasteiger partial charge is 0.181 e. The molecule has 3 atom stereocenters. The van der Waals surface area contributed by atoms with Crippen molar-refractivity contribution in [2.75, 3.05) is 5.73 Å². The van der Waals surface area contributed by atoms with Crippen LogP contribution in [0.1, 0.15) is 25.7 Å². The van der Waals surface area contributed by atoms with Gasteiger partial charge >= 0.3 is 0 Å². The van der Waals surface area contributed by atoms with Crippen molar-refractivity contribution in [3.63, 3.8) is 0 Å². The Balaban J connectivity index is 1.51. The van der Waals surface area contributed by atoms with Gasteiger partial charge in [-0.25, -0.2) is 4.98 Å². The zero-order valence-corrected chi connectivity index (χ0v) is 11.6. The molecule has 2 saturated carbocycles. The molecule has 4 heteroatoms. The zero-order chi connectivity index (χ0) is 13.5. The van der Waals surface area contributed by atoms with Crippen molar-refractivity contribution < 1.29 is 0 Å². The van der Waals surface area contributed by atoms with E-state index in [4.69, 9.17) is 5.73 Å². The number of rotatable bonds is 3. The minimum atomic E-state index is 0.756. The molecule has 1 aromatic carbocycles. The van der Waals surface area contributed by atoms with Crippen LogP contribution in [0, 0.1) is 17.8 Å². The fourth-order valence-electron chi connectivity index (χ4n) is 4.03. The summed E-state index contributed by atoms with van der Waals surface area (Å²) in [6, 6.07) is 7.77. The molecule has 0 amide bonds. The van der Waals surface area contributed by atoms with Crippen LogP contribution in [0.3, 0.4) is 0 Å². The Morgan fingerprint density at radius 1 is 1.25 bits per heavy atom. The molecule has 20 heavy (non-hydrogen) atoms. The Morgan fingerprint density at radius 2 is 2.20 bits per heavy atom. The molecule has 0 aliphatic heterocycles. The summed E-state index contributed by atoms with van der Waals surface area (Å²) in [6.07, 6.45) is 7.57. The molecule has 2 aliphatic rings. The van der Waals surface area contributed by atoms with E-state index in [-0.39, 0.29) is 0 Å². The molecule has 0 spiro atoms. The number of nitrogens with two attached hydrogens (primary N) is 1. The second-order valence-electron chi connectivity index (χ2n) is 6.35. The average Bonchev–Trinajstić information content (AvgIpc) is 3.14. The summed E-state index contributed by atoms with van der Waals surface area (Å²) >= 11 is 0. The van der Waals surface area contributed by atoms with Gasteiger partial charge in [0.05, 0.1) is 0 Å². The van der Waals surface area contributed by atoms with Gasteiger partial charge in [0, 0.05) is 17.8 Å². The highest BCUT2D eigenvalue weighted by Crippen LogP contribution is 2.48. The number of hydrogen-bond acceptors (Lipinski definition) is 3. The lowest BCUT2D eigenvalue weighted by atomic mass is 9.89. The van der Waals surface area contributed by atoms with Crippen LogP contribution in [-0.4, -0.2) is 14.8 Å². The van der Waals surface area contributed by atoms with Crippen LogP contribution in [0.2, 0.25) is 0 Å². The topological polar surface area (TPSA) is 56.7 Å². The van der Waals surface area contributed by atoms with E-state index >= 15 is 0 Å². The van der Waals surface area contributed by atoms with Crippen molar-refractivity contribution in [2.24, 2.45) is 17.8 Å². The van der Waals surface area contributed by atoms with Crippen molar-refractivity contribution in [1.82, 2.24) is 14.8 Å². The minimum absolute atomic E-state index is 0.756. The first-order valence-corrected chi connectivity index (χ1v) is 7.53. The van der Waals surface area contributed by atoms with E-state index < -0.39 is 0 Å². The maximum absolute atomic E-state index is 5.81. The van der Waals surface area contributed by atoms with Crippen LogP contribution in [0.4, 0.5) is 5.69 Å². The molecule has 4 nitrogen and oxygen atoms in total. The number of fused-ring (bicyclic) bond motifs is 2. The van der Waals surface area contributed by atoms with Crippen molar-refractivity contribution in [3.8, 4) is 11.4 Å². The lowest BCUT2D eigenvalue weighted by molar-refractivity contribution is 0.285. The van der Waals surface area contributed by atoms with Crippen molar-refractivity contribution in [3.05, 3.63) is 30.6 Å². The van der Waals surface area contributed by atoms with Gasteiger partial charge in [-0.05, 0) is 49.1 Å². The van der Waals surface area contributed by atoms with Crippen LogP contribution < -0.4 is 5.73 Å². The predicted molar refractivity (Wildman–Crippen MR) is 78.8 cm³/mol. The second kappa shape index (κ2) is 4.62. The first-order valence-electron chi connectivity index (χ1n) is 7.53. The quantitative estimate of drug-likeness (QED) is 0.871. The summed E-state index contributed by atoms with van der Waals surface area (Å²) in [5.74, 6) is 3.51. The van der Waals surface area contributed by atoms with Crippen LogP contribution in [-0.2, 0) is 6.54 Å². The third-order valence-corrected chi connectivity index (χ3v) is 4.99. The molecule has 0 saturated heterocycles. The number of aromatic nitrogens is 3. The predicted octanol–water partition coefficient (Wildman–Crippen LogP) is 2.96. The van der Waals surface area contributed by atoms with Crippen LogP contribution in [0.5, 0.6) is 0 Å². The number of benzene rings is 1. The number of nitrogens with zero attached hydrogens (tertiary/aromatic N) is 3. The SMILES string of the molecule is Nc1cccc(-c2ncn(CC3CC4CCC3C4)n2)c1. The lowest BCUT2D eigenvalue weighted by Crippen LogP contribution is -2.17. The Kier molecular flexibility index (Phi) is 2.76.